The second-order valence-electron chi connectivity index (χ2n) is 8.88. The summed E-state index contributed by atoms with van der Waals surface area (Å²) >= 11 is 0. The molecule has 0 aromatic heterocycles. The van der Waals surface area contributed by atoms with E-state index in [0.717, 1.165) is 36.8 Å². The molecule has 2 aromatic carbocycles. The molecule has 1 fully saturated rings. The van der Waals surface area contributed by atoms with Crippen LogP contribution < -0.4 is 0 Å². The van der Waals surface area contributed by atoms with Gasteiger partial charge in [0.1, 0.15) is 12.2 Å². The van der Waals surface area contributed by atoms with Crippen molar-refractivity contribution >= 4 is 5.97 Å². The number of aliphatic hydroxyl groups excluding tert-OH is 1. The maximum absolute atomic E-state index is 13.1. The standard InChI is InChI=1S/C28H38O6/c1-3-11-23(12-4-2)28(30)34-27-24(32-19-22-15-9-6-10-16-22)17-26(29)33-25(27)20-31-18-21-13-7-5-8-14-21/h5-10,13-16,23-27,29H,3-4,11-12,17-20H2,1-2H3/t24-,25-,26+,27+/m1/s1. The van der Waals surface area contributed by atoms with Gasteiger partial charge in [-0.15, -0.1) is 0 Å². The second-order valence-corrected chi connectivity index (χ2v) is 8.88. The summed E-state index contributed by atoms with van der Waals surface area (Å²) in [6.45, 7) is 5.09. The van der Waals surface area contributed by atoms with Gasteiger partial charge in [0, 0.05) is 6.42 Å². The summed E-state index contributed by atoms with van der Waals surface area (Å²) < 4.78 is 23.9. The number of rotatable bonds is 13. The van der Waals surface area contributed by atoms with E-state index in [-0.39, 0.29) is 24.9 Å². The van der Waals surface area contributed by atoms with Gasteiger partial charge in [0.25, 0.3) is 0 Å². The van der Waals surface area contributed by atoms with Crippen LogP contribution >= 0.6 is 0 Å². The normalized spacial score (nSPS) is 22.6. The van der Waals surface area contributed by atoms with Crippen molar-refractivity contribution in [1.29, 1.82) is 0 Å². The van der Waals surface area contributed by atoms with E-state index < -0.39 is 24.6 Å². The Morgan fingerprint density at radius 2 is 1.56 bits per heavy atom. The van der Waals surface area contributed by atoms with Crippen molar-refractivity contribution in [2.45, 2.75) is 83.8 Å². The van der Waals surface area contributed by atoms with E-state index >= 15 is 0 Å². The summed E-state index contributed by atoms with van der Waals surface area (Å²) in [4.78, 5) is 13.1. The number of benzene rings is 2. The quantitative estimate of drug-likeness (QED) is 0.414. The van der Waals surface area contributed by atoms with Crippen molar-refractivity contribution in [3.05, 3.63) is 71.8 Å². The number of ether oxygens (including phenoxy) is 4. The highest BCUT2D eigenvalue weighted by atomic mass is 16.7. The fraction of sp³-hybridized carbons (Fsp3) is 0.536. The van der Waals surface area contributed by atoms with E-state index in [1.165, 1.54) is 0 Å². The van der Waals surface area contributed by atoms with Crippen LogP contribution in [0.4, 0.5) is 0 Å². The van der Waals surface area contributed by atoms with Gasteiger partial charge < -0.3 is 24.1 Å². The van der Waals surface area contributed by atoms with E-state index in [9.17, 15) is 9.90 Å². The largest absolute Gasteiger partial charge is 0.456 e. The van der Waals surface area contributed by atoms with E-state index in [2.05, 4.69) is 13.8 Å². The van der Waals surface area contributed by atoms with Gasteiger partial charge in [-0.1, -0.05) is 87.4 Å². The topological polar surface area (TPSA) is 74.2 Å². The summed E-state index contributed by atoms with van der Waals surface area (Å²) in [5.74, 6) is -0.377. The molecule has 6 heteroatoms. The third kappa shape index (κ3) is 8.20. The van der Waals surface area contributed by atoms with Crippen molar-refractivity contribution in [2.24, 2.45) is 5.92 Å². The molecule has 0 saturated carbocycles. The highest BCUT2D eigenvalue weighted by molar-refractivity contribution is 5.72. The molecule has 1 saturated heterocycles. The van der Waals surface area contributed by atoms with E-state index in [4.69, 9.17) is 18.9 Å². The Kier molecular flexibility index (Phi) is 11.0. The van der Waals surface area contributed by atoms with Gasteiger partial charge in [-0.05, 0) is 24.0 Å². The lowest BCUT2D eigenvalue weighted by Gasteiger charge is -2.39. The molecule has 0 bridgehead atoms. The van der Waals surface area contributed by atoms with Crippen LogP contribution in [-0.2, 0) is 37.0 Å². The first-order valence-electron chi connectivity index (χ1n) is 12.4. The molecule has 0 unspecified atom stereocenters. The van der Waals surface area contributed by atoms with Crippen molar-refractivity contribution < 1.29 is 28.8 Å². The molecule has 34 heavy (non-hydrogen) atoms. The Labute approximate surface area is 203 Å². The third-order valence-electron chi connectivity index (χ3n) is 6.06. The summed E-state index contributed by atoms with van der Waals surface area (Å²) in [6.07, 6.45) is 0.833. The van der Waals surface area contributed by atoms with Crippen LogP contribution in [0.1, 0.15) is 57.1 Å². The first-order valence-corrected chi connectivity index (χ1v) is 12.4. The average molecular weight is 471 g/mol. The fourth-order valence-corrected chi connectivity index (χ4v) is 4.31. The smallest absolute Gasteiger partial charge is 0.309 e. The lowest BCUT2D eigenvalue weighted by Crippen LogP contribution is -2.53. The minimum atomic E-state index is -1.01. The zero-order valence-electron chi connectivity index (χ0n) is 20.3. The number of hydrogen-bond donors (Lipinski definition) is 1. The minimum Gasteiger partial charge on any atom is -0.456 e. The highest BCUT2D eigenvalue weighted by Crippen LogP contribution is 2.28. The molecule has 3 rings (SSSR count). The molecular formula is C28H38O6. The van der Waals surface area contributed by atoms with Gasteiger partial charge in [-0.25, -0.2) is 0 Å². The van der Waals surface area contributed by atoms with Crippen LogP contribution in [0.25, 0.3) is 0 Å². The lowest BCUT2D eigenvalue weighted by atomic mass is 9.97. The summed E-state index contributed by atoms with van der Waals surface area (Å²) in [5.41, 5.74) is 2.05. The molecule has 2 aromatic rings. The average Bonchev–Trinajstić information content (AvgIpc) is 2.85. The maximum atomic E-state index is 13.1. The number of carbonyl (C=O) groups is 1. The van der Waals surface area contributed by atoms with Gasteiger partial charge in [0.15, 0.2) is 12.4 Å². The third-order valence-corrected chi connectivity index (χ3v) is 6.06. The zero-order valence-corrected chi connectivity index (χ0v) is 20.3. The molecule has 0 amide bonds. The Hall–Kier alpha value is -2.25. The monoisotopic (exact) mass is 470 g/mol. The van der Waals surface area contributed by atoms with Crippen LogP contribution in [0, 0.1) is 5.92 Å². The van der Waals surface area contributed by atoms with Gasteiger partial charge in [-0.2, -0.15) is 0 Å². The van der Waals surface area contributed by atoms with E-state index in [1.807, 2.05) is 60.7 Å². The number of aliphatic hydroxyl groups is 1. The molecule has 1 aliphatic rings. The minimum absolute atomic E-state index is 0.150. The predicted octanol–water partition coefficient (Wildman–Crippen LogP) is 5.02. The Balaban J connectivity index is 1.70. The summed E-state index contributed by atoms with van der Waals surface area (Å²) in [7, 11) is 0. The van der Waals surface area contributed by atoms with Gasteiger partial charge in [-0.3, -0.25) is 4.79 Å². The molecule has 6 nitrogen and oxygen atoms in total. The Morgan fingerprint density at radius 3 is 2.15 bits per heavy atom. The van der Waals surface area contributed by atoms with E-state index in [0.29, 0.717) is 13.2 Å². The molecule has 186 valence electrons. The second kappa shape index (κ2) is 14.2. The van der Waals surface area contributed by atoms with Crippen molar-refractivity contribution in [2.75, 3.05) is 6.61 Å². The SMILES string of the molecule is CCCC(CCC)C(=O)O[C@H]1[C@H](OCc2ccccc2)C[C@@H](O)O[C@@H]1COCc1ccccc1. The van der Waals surface area contributed by atoms with Gasteiger partial charge in [0.05, 0.1) is 25.7 Å². The number of hydrogen-bond acceptors (Lipinski definition) is 6. The molecule has 1 N–H and O–H groups in total. The first-order chi connectivity index (χ1) is 16.6. The molecule has 0 aliphatic carbocycles. The van der Waals surface area contributed by atoms with Gasteiger partial charge >= 0.3 is 5.97 Å². The first kappa shape index (κ1) is 26.4. The molecular weight excluding hydrogens is 432 g/mol. The molecule has 0 spiro atoms. The van der Waals surface area contributed by atoms with Crippen molar-refractivity contribution in [1.82, 2.24) is 0 Å². The lowest BCUT2D eigenvalue weighted by molar-refractivity contribution is -0.260. The van der Waals surface area contributed by atoms with Crippen LogP contribution in [0.15, 0.2) is 60.7 Å². The predicted molar refractivity (Wildman–Crippen MR) is 130 cm³/mol. The zero-order chi connectivity index (χ0) is 24.2. The van der Waals surface area contributed by atoms with Crippen LogP contribution in [0.5, 0.6) is 0 Å². The molecule has 4 atom stereocenters. The summed E-state index contributed by atoms with van der Waals surface area (Å²) in [6, 6.07) is 19.7. The Bertz CT molecular complexity index is 821. The Morgan fingerprint density at radius 1 is 0.971 bits per heavy atom. The molecule has 0 radical (unpaired) electrons. The molecule has 1 heterocycles. The molecule has 1 aliphatic heterocycles. The van der Waals surface area contributed by atoms with Gasteiger partial charge in [0.2, 0.25) is 0 Å². The van der Waals surface area contributed by atoms with Crippen molar-refractivity contribution in [3.63, 3.8) is 0 Å². The van der Waals surface area contributed by atoms with Crippen LogP contribution in [0.2, 0.25) is 0 Å². The van der Waals surface area contributed by atoms with Crippen molar-refractivity contribution in [3.8, 4) is 0 Å². The summed E-state index contributed by atoms with van der Waals surface area (Å²) in [5, 5.41) is 10.4. The van der Waals surface area contributed by atoms with Crippen LogP contribution in [-0.4, -0.2) is 42.3 Å². The number of carbonyl (C=O) groups excluding carboxylic acids is 1. The highest BCUT2D eigenvalue weighted by Gasteiger charge is 2.42. The van der Waals surface area contributed by atoms with E-state index in [1.54, 1.807) is 0 Å². The maximum Gasteiger partial charge on any atom is 0.309 e. The van der Waals surface area contributed by atoms with Crippen LogP contribution in [0.3, 0.4) is 0 Å². The number of esters is 1. The fourth-order valence-electron chi connectivity index (χ4n) is 4.31.